The average Bonchev–Trinajstić information content (AvgIpc) is 2.48. The smallest absolute Gasteiger partial charge is 0.161 e. The molecule has 0 saturated carbocycles. The molecule has 0 aliphatic heterocycles. The van der Waals surface area contributed by atoms with Gasteiger partial charge in [-0.05, 0) is 44.7 Å². The molecule has 0 radical (unpaired) electrons. The summed E-state index contributed by atoms with van der Waals surface area (Å²) in [4.78, 5) is 13.5. The zero-order chi connectivity index (χ0) is 13.1. The highest BCUT2D eigenvalue weighted by atomic mass is 15.0. The Hall–Kier alpha value is -1.97. The lowest BCUT2D eigenvalue weighted by Gasteiger charge is -2.19. The van der Waals surface area contributed by atoms with Gasteiger partial charge in [-0.2, -0.15) is 0 Å². The van der Waals surface area contributed by atoms with Crippen LogP contribution in [-0.2, 0) is 12.8 Å². The molecule has 19 heavy (non-hydrogen) atoms. The molecular formula is C15H18N4. The third-order valence-corrected chi connectivity index (χ3v) is 3.47. The molecule has 1 N–H and O–H groups in total. The summed E-state index contributed by atoms with van der Waals surface area (Å²) in [5.74, 6) is 1.82. The van der Waals surface area contributed by atoms with Crippen molar-refractivity contribution in [3.63, 3.8) is 0 Å². The summed E-state index contributed by atoms with van der Waals surface area (Å²) < 4.78 is 0. The molecule has 0 atom stereocenters. The summed E-state index contributed by atoms with van der Waals surface area (Å²) in [5.41, 5.74) is 3.55. The molecule has 3 rings (SSSR count). The van der Waals surface area contributed by atoms with Gasteiger partial charge in [-0.3, -0.25) is 4.98 Å². The number of aromatic nitrogens is 3. The minimum atomic E-state index is 0.805. The lowest BCUT2D eigenvalue weighted by atomic mass is 9.96. The largest absolute Gasteiger partial charge is 0.370 e. The predicted octanol–water partition coefficient (Wildman–Crippen LogP) is 2.85. The Kier molecular flexibility index (Phi) is 3.40. The van der Waals surface area contributed by atoms with Gasteiger partial charge >= 0.3 is 0 Å². The molecule has 0 spiro atoms. The van der Waals surface area contributed by atoms with Crippen LogP contribution < -0.4 is 5.32 Å². The number of pyridine rings is 1. The van der Waals surface area contributed by atoms with Gasteiger partial charge in [0.05, 0.1) is 0 Å². The number of fused-ring (bicyclic) bond motifs is 1. The standard InChI is InChI=1S/C15H18N4/c1-2-17-15-12-5-3-4-6-13(12)18-14(19-15)11-7-9-16-10-8-11/h7-10H,2-6H2,1H3,(H,17,18,19). The van der Waals surface area contributed by atoms with E-state index in [1.165, 1.54) is 24.1 Å². The fourth-order valence-corrected chi connectivity index (χ4v) is 2.54. The highest BCUT2D eigenvalue weighted by Crippen LogP contribution is 2.28. The van der Waals surface area contributed by atoms with Crippen LogP contribution in [0.5, 0.6) is 0 Å². The van der Waals surface area contributed by atoms with Gasteiger partial charge in [0.25, 0.3) is 0 Å². The lowest BCUT2D eigenvalue weighted by Crippen LogP contribution is -2.13. The fraction of sp³-hybridized carbons (Fsp3) is 0.400. The Labute approximate surface area is 113 Å². The number of hydrogen-bond acceptors (Lipinski definition) is 4. The van der Waals surface area contributed by atoms with Crippen LogP contribution in [0.15, 0.2) is 24.5 Å². The molecule has 1 aliphatic rings. The quantitative estimate of drug-likeness (QED) is 0.915. The van der Waals surface area contributed by atoms with E-state index in [1.54, 1.807) is 12.4 Å². The summed E-state index contributed by atoms with van der Waals surface area (Å²) in [6.07, 6.45) is 8.19. The second kappa shape index (κ2) is 5.34. The first kappa shape index (κ1) is 12.1. The average molecular weight is 254 g/mol. The van der Waals surface area contributed by atoms with Crippen LogP contribution in [0.2, 0.25) is 0 Å². The zero-order valence-corrected chi connectivity index (χ0v) is 11.2. The Morgan fingerprint density at radius 1 is 1.11 bits per heavy atom. The number of rotatable bonds is 3. The monoisotopic (exact) mass is 254 g/mol. The number of nitrogens with zero attached hydrogens (tertiary/aromatic N) is 3. The van der Waals surface area contributed by atoms with E-state index in [1.807, 2.05) is 12.1 Å². The first-order chi connectivity index (χ1) is 9.38. The van der Waals surface area contributed by atoms with E-state index in [-0.39, 0.29) is 0 Å². The van der Waals surface area contributed by atoms with E-state index in [9.17, 15) is 0 Å². The molecule has 0 fully saturated rings. The molecule has 4 nitrogen and oxygen atoms in total. The van der Waals surface area contributed by atoms with Crippen LogP contribution in [0.4, 0.5) is 5.82 Å². The van der Waals surface area contributed by atoms with E-state index < -0.39 is 0 Å². The Balaban J connectivity index is 2.09. The van der Waals surface area contributed by atoms with E-state index in [4.69, 9.17) is 9.97 Å². The maximum atomic E-state index is 4.75. The van der Waals surface area contributed by atoms with Crippen molar-refractivity contribution in [3.8, 4) is 11.4 Å². The van der Waals surface area contributed by atoms with Crippen LogP contribution >= 0.6 is 0 Å². The second-order valence-electron chi connectivity index (χ2n) is 4.79. The minimum Gasteiger partial charge on any atom is -0.370 e. The van der Waals surface area contributed by atoms with Gasteiger partial charge < -0.3 is 5.32 Å². The molecule has 0 aromatic carbocycles. The molecule has 2 aromatic rings. The molecule has 98 valence electrons. The van der Waals surface area contributed by atoms with E-state index in [2.05, 4.69) is 17.2 Å². The number of aryl methyl sites for hydroxylation is 1. The van der Waals surface area contributed by atoms with Crippen molar-refractivity contribution in [2.75, 3.05) is 11.9 Å². The molecule has 0 amide bonds. The Morgan fingerprint density at radius 3 is 2.68 bits per heavy atom. The summed E-state index contributed by atoms with van der Waals surface area (Å²) in [6.45, 7) is 2.99. The molecule has 0 unspecified atom stereocenters. The molecule has 0 saturated heterocycles. The zero-order valence-electron chi connectivity index (χ0n) is 11.2. The predicted molar refractivity (Wildman–Crippen MR) is 76.1 cm³/mol. The van der Waals surface area contributed by atoms with E-state index in [0.717, 1.165) is 36.6 Å². The van der Waals surface area contributed by atoms with Crippen molar-refractivity contribution in [1.29, 1.82) is 0 Å². The van der Waals surface area contributed by atoms with Crippen molar-refractivity contribution in [1.82, 2.24) is 15.0 Å². The highest BCUT2D eigenvalue weighted by molar-refractivity contribution is 5.59. The Morgan fingerprint density at radius 2 is 1.89 bits per heavy atom. The molecule has 2 heterocycles. The minimum absolute atomic E-state index is 0.805. The summed E-state index contributed by atoms with van der Waals surface area (Å²) >= 11 is 0. The first-order valence-corrected chi connectivity index (χ1v) is 6.92. The van der Waals surface area contributed by atoms with Crippen molar-refractivity contribution in [2.45, 2.75) is 32.6 Å². The van der Waals surface area contributed by atoms with Gasteiger partial charge in [0, 0.05) is 35.8 Å². The molecule has 1 aliphatic carbocycles. The van der Waals surface area contributed by atoms with Gasteiger partial charge in [-0.15, -0.1) is 0 Å². The molecular weight excluding hydrogens is 236 g/mol. The maximum Gasteiger partial charge on any atom is 0.161 e. The van der Waals surface area contributed by atoms with Gasteiger partial charge in [-0.25, -0.2) is 9.97 Å². The first-order valence-electron chi connectivity index (χ1n) is 6.92. The Bertz CT molecular complexity index is 566. The fourth-order valence-electron chi connectivity index (χ4n) is 2.54. The maximum absolute atomic E-state index is 4.75. The van der Waals surface area contributed by atoms with Gasteiger partial charge in [-0.1, -0.05) is 0 Å². The van der Waals surface area contributed by atoms with Gasteiger partial charge in [0.2, 0.25) is 0 Å². The van der Waals surface area contributed by atoms with Gasteiger partial charge in [0.1, 0.15) is 5.82 Å². The van der Waals surface area contributed by atoms with Crippen LogP contribution in [-0.4, -0.2) is 21.5 Å². The number of anilines is 1. The van der Waals surface area contributed by atoms with Crippen molar-refractivity contribution >= 4 is 5.82 Å². The second-order valence-corrected chi connectivity index (χ2v) is 4.79. The number of hydrogen-bond donors (Lipinski definition) is 1. The highest BCUT2D eigenvalue weighted by Gasteiger charge is 2.17. The molecule has 0 bridgehead atoms. The van der Waals surface area contributed by atoms with E-state index >= 15 is 0 Å². The van der Waals surface area contributed by atoms with Crippen molar-refractivity contribution < 1.29 is 0 Å². The van der Waals surface area contributed by atoms with Gasteiger partial charge in [0.15, 0.2) is 5.82 Å². The van der Waals surface area contributed by atoms with Crippen molar-refractivity contribution in [3.05, 3.63) is 35.8 Å². The number of nitrogens with one attached hydrogen (secondary N) is 1. The van der Waals surface area contributed by atoms with Crippen LogP contribution in [0, 0.1) is 0 Å². The van der Waals surface area contributed by atoms with Crippen LogP contribution in [0.3, 0.4) is 0 Å². The third-order valence-electron chi connectivity index (χ3n) is 3.47. The van der Waals surface area contributed by atoms with Crippen LogP contribution in [0.25, 0.3) is 11.4 Å². The molecule has 2 aromatic heterocycles. The summed E-state index contributed by atoms with van der Waals surface area (Å²) in [7, 11) is 0. The molecule has 4 heteroatoms. The van der Waals surface area contributed by atoms with Crippen molar-refractivity contribution in [2.24, 2.45) is 0 Å². The third kappa shape index (κ3) is 2.43. The summed E-state index contributed by atoms with van der Waals surface area (Å²) in [5, 5.41) is 3.38. The SMILES string of the molecule is CCNc1nc(-c2ccncc2)nc2c1CCCC2. The van der Waals surface area contributed by atoms with E-state index in [0.29, 0.717) is 0 Å². The topological polar surface area (TPSA) is 50.7 Å². The lowest BCUT2D eigenvalue weighted by molar-refractivity contribution is 0.664. The normalized spacial score (nSPS) is 13.9. The summed E-state index contributed by atoms with van der Waals surface area (Å²) in [6, 6.07) is 3.92. The van der Waals surface area contributed by atoms with Crippen LogP contribution in [0.1, 0.15) is 31.0 Å².